The Morgan fingerprint density at radius 1 is 1.42 bits per heavy atom. The van der Waals surface area contributed by atoms with Gasteiger partial charge in [-0.2, -0.15) is 0 Å². The highest BCUT2D eigenvalue weighted by atomic mass is 35.5. The molecule has 0 aliphatic rings. The molecule has 1 unspecified atom stereocenters. The SMILES string of the molecule is COCCC(CCl)NC(=O)c1cc(Cl)ccc1OC. The number of methoxy groups -OCH3 is 2. The maximum atomic E-state index is 12.2. The minimum absolute atomic E-state index is 0.155. The smallest absolute Gasteiger partial charge is 0.255 e. The molecular weight excluding hydrogens is 289 g/mol. The summed E-state index contributed by atoms with van der Waals surface area (Å²) in [6.07, 6.45) is 0.647. The van der Waals surface area contributed by atoms with E-state index in [4.69, 9.17) is 32.7 Å². The molecule has 1 atom stereocenters. The summed E-state index contributed by atoms with van der Waals surface area (Å²) in [5, 5.41) is 3.31. The topological polar surface area (TPSA) is 47.6 Å². The van der Waals surface area contributed by atoms with Crippen LogP contribution in [-0.2, 0) is 4.74 Å². The average molecular weight is 306 g/mol. The van der Waals surface area contributed by atoms with E-state index in [0.717, 1.165) is 0 Å². The predicted octanol–water partition coefficient (Wildman–Crippen LogP) is 2.72. The number of hydrogen-bond acceptors (Lipinski definition) is 3. The highest BCUT2D eigenvalue weighted by Gasteiger charge is 2.16. The number of hydrogen-bond donors (Lipinski definition) is 1. The van der Waals surface area contributed by atoms with Gasteiger partial charge >= 0.3 is 0 Å². The molecule has 0 radical (unpaired) electrons. The quantitative estimate of drug-likeness (QED) is 0.788. The van der Waals surface area contributed by atoms with E-state index in [0.29, 0.717) is 35.2 Å². The molecule has 0 aliphatic carbocycles. The zero-order valence-corrected chi connectivity index (χ0v) is 12.4. The largest absolute Gasteiger partial charge is 0.496 e. The third kappa shape index (κ3) is 4.90. The molecule has 0 fully saturated rings. The van der Waals surface area contributed by atoms with Crippen LogP contribution in [0.5, 0.6) is 5.75 Å². The van der Waals surface area contributed by atoms with Crippen molar-refractivity contribution < 1.29 is 14.3 Å². The highest BCUT2D eigenvalue weighted by molar-refractivity contribution is 6.31. The maximum absolute atomic E-state index is 12.2. The summed E-state index contributed by atoms with van der Waals surface area (Å²) >= 11 is 11.7. The van der Waals surface area contributed by atoms with Crippen LogP contribution in [0.2, 0.25) is 5.02 Å². The highest BCUT2D eigenvalue weighted by Crippen LogP contribution is 2.22. The van der Waals surface area contributed by atoms with Gasteiger partial charge in [0.1, 0.15) is 5.75 Å². The summed E-state index contributed by atoms with van der Waals surface area (Å²) in [6.45, 7) is 0.532. The minimum atomic E-state index is -0.263. The average Bonchev–Trinajstić information content (AvgIpc) is 2.43. The lowest BCUT2D eigenvalue weighted by molar-refractivity contribution is 0.0927. The van der Waals surface area contributed by atoms with Gasteiger partial charge in [0.05, 0.1) is 12.7 Å². The molecule has 1 rings (SSSR count). The summed E-state index contributed by atoms with van der Waals surface area (Å²) in [6, 6.07) is 4.73. The first-order valence-electron chi connectivity index (χ1n) is 5.81. The molecule has 1 amide bonds. The minimum Gasteiger partial charge on any atom is -0.496 e. The van der Waals surface area contributed by atoms with Gasteiger partial charge in [0, 0.05) is 30.7 Å². The number of carbonyl (C=O) groups excluding carboxylic acids is 1. The van der Waals surface area contributed by atoms with Crippen LogP contribution >= 0.6 is 23.2 Å². The molecule has 0 aliphatic heterocycles. The van der Waals surface area contributed by atoms with Gasteiger partial charge in [-0.15, -0.1) is 11.6 Å². The van der Waals surface area contributed by atoms with Crippen LogP contribution < -0.4 is 10.1 Å². The van der Waals surface area contributed by atoms with Gasteiger partial charge < -0.3 is 14.8 Å². The van der Waals surface area contributed by atoms with Crippen molar-refractivity contribution in [3.63, 3.8) is 0 Å². The molecule has 0 saturated carbocycles. The summed E-state index contributed by atoms with van der Waals surface area (Å²) in [7, 11) is 3.11. The molecule has 0 bridgehead atoms. The van der Waals surface area contributed by atoms with Crippen molar-refractivity contribution in [1.82, 2.24) is 5.32 Å². The van der Waals surface area contributed by atoms with Crippen LogP contribution in [0.4, 0.5) is 0 Å². The molecule has 0 heterocycles. The Hall–Kier alpha value is -0.970. The molecule has 6 heteroatoms. The van der Waals surface area contributed by atoms with E-state index in [1.165, 1.54) is 7.11 Å². The molecule has 0 aromatic heterocycles. The molecule has 1 aromatic carbocycles. The molecule has 1 aromatic rings. The lowest BCUT2D eigenvalue weighted by Crippen LogP contribution is -2.37. The van der Waals surface area contributed by atoms with E-state index < -0.39 is 0 Å². The summed E-state index contributed by atoms with van der Waals surface area (Å²) in [4.78, 5) is 12.2. The number of ether oxygens (including phenoxy) is 2. The van der Waals surface area contributed by atoms with Crippen LogP contribution in [-0.4, -0.2) is 38.7 Å². The first-order valence-corrected chi connectivity index (χ1v) is 6.73. The monoisotopic (exact) mass is 305 g/mol. The lowest BCUT2D eigenvalue weighted by Gasteiger charge is -2.16. The van der Waals surface area contributed by atoms with Gasteiger partial charge in [-0.1, -0.05) is 11.6 Å². The number of alkyl halides is 1. The summed E-state index contributed by atoms with van der Waals surface area (Å²) in [5.74, 6) is 0.529. The summed E-state index contributed by atoms with van der Waals surface area (Å²) < 4.78 is 10.1. The van der Waals surface area contributed by atoms with Crippen molar-refractivity contribution in [3.05, 3.63) is 28.8 Å². The third-order valence-corrected chi connectivity index (χ3v) is 3.21. The lowest BCUT2D eigenvalue weighted by atomic mass is 10.1. The van der Waals surface area contributed by atoms with Gasteiger partial charge in [0.2, 0.25) is 0 Å². The Bertz CT molecular complexity index is 426. The summed E-state index contributed by atoms with van der Waals surface area (Å²) in [5.41, 5.74) is 0.391. The van der Waals surface area contributed by atoms with E-state index in [1.54, 1.807) is 25.3 Å². The van der Waals surface area contributed by atoms with E-state index >= 15 is 0 Å². The Morgan fingerprint density at radius 3 is 2.74 bits per heavy atom. The zero-order chi connectivity index (χ0) is 14.3. The number of nitrogens with one attached hydrogen (secondary N) is 1. The van der Waals surface area contributed by atoms with Crippen molar-refractivity contribution in [2.75, 3.05) is 26.7 Å². The number of carbonyl (C=O) groups is 1. The standard InChI is InChI=1S/C13H17Cl2NO3/c1-18-6-5-10(8-14)16-13(17)11-7-9(15)3-4-12(11)19-2/h3-4,7,10H,5-6,8H2,1-2H3,(H,16,17). The van der Waals surface area contributed by atoms with Gasteiger partial charge in [-0.25, -0.2) is 0 Å². The van der Waals surface area contributed by atoms with Gasteiger partial charge in [0.25, 0.3) is 5.91 Å². The van der Waals surface area contributed by atoms with Crippen molar-refractivity contribution >= 4 is 29.1 Å². The Kier molecular flexibility index (Phi) is 6.99. The number of amides is 1. The molecule has 0 spiro atoms. The number of halogens is 2. The van der Waals surface area contributed by atoms with Gasteiger partial charge in [-0.05, 0) is 24.6 Å². The second kappa shape index (κ2) is 8.25. The first-order chi connectivity index (χ1) is 9.12. The Balaban J connectivity index is 2.78. The van der Waals surface area contributed by atoms with E-state index in [1.807, 2.05) is 0 Å². The van der Waals surface area contributed by atoms with E-state index in [2.05, 4.69) is 5.32 Å². The number of benzene rings is 1. The van der Waals surface area contributed by atoms with Crippen molar-refractivity contribution in [1.29, 1.82) is 0 Å². The fourth-order valence-corrected chi connectivity index (χ4v) is 1.97. The van der Waals surface area contributed by atoms with E-state index in [9.17, 15) is 4.79 Å². The molecule has 106 valence electrons. The zero-order valence-electron chi connectivity index (χ0n) is 10.9. The molecule has 19 heavy (non-hydrogen) atoms. The molecule has 1 N–H and O–H groups in total. The fourth-order valence-electron chi connectivity index (χ4n) is 1.57. The second-order valence-corrected chi connectivity index (χ2v) is 4.70. The third-order valence-electron chi connectivity index (χ3n) is 2.60. The molecular formula is C13H17Cl2NO3. The van der Waals surface area contributed by atoms with Gasteiger partial charge in [0.15, 0.2) is 0 Å². The van der Waals surface area contributed by atoms with Crippen molar-refractivity contribution in [3.8, 4) is 5.75 Å². The first kappa shape index (κ1) is 16.1. The fraction of sp³-hybridized carbons (Fsp3) is 0.462. The van der Waals surface area contributed by atoms with Crippen LogP contribution in [0, 0.1) is 0 Å². The van der Waals surface area contributed by atoms with E-state index in [-0.39, 0.29) is 11.9 Å². The van der Waals surface area contributed by atoms with Gasteiger partial charge in [-0.3, -0.25) is 4.79 Å². The Labute approximate surface area is 123 Å². The number of rotatable bonds is 7. The second-order valence-electron chi connectivity index (χ2n) is 3.95. The predicted molar refractivity (Wildman–Crippen MR) is 76.5 cm³/mol. The van der Waals surface area contributed by atoms with Crippen LogP contribution in [0.1, 0.15) is 16.8 Å². The molecule has 0 saturated heterocycles. The normalized spacial score (nSPS) is 12.0. The van der Waals surface area contributed by atoms with Crippen LogP contribution in [0.25, 0.3) is 0 Å². The maximum Gasteiger partial charge on any atom is 0.255 e. The Morgan fingerprint density at radius 2 is 2.16 bits per heavy atom. The molecule has 4 nitrogen and oxygen atoms in total. The van der Waals surface area contributed by atoms with Crippen molar-refractivity contribution in [2.24, 2.45) is 0 Å². The van der Waals surface area contributed by atoms with Crippen molar-refractivity contribution in [2.45, 2.75) is 12.5 Å². The van der Waals surface area contributed by atoms with Crippen LogP contribution in [0.3, 0.4) is 0 Å². The van der Waals surface area contributed by atoms with Crippen LogP contribution in [0.15, 0.2) is 18.2 Å².